The van der Waals surface area contributed by atoms with Crippen molar-refractivity contribution in [2.45, 2.75) is 39.8 Å². The zero-order chi connectivity index (χ0) is 19.0. The summed E-state index contributed by atoms with van der Waals surface area (Å²) < 4.78 is 28.3. The minimum atomic E-state index is -0.941. The van der Waals surface area contributed by atoms with E-state index in [0.717, 1.165) is 12.1 Å². The van der Waals surface area contributed by atoms with Gasteiger partial charge in [-0.15, -0.1) is 0 Å². The lowest BCUT2D eigenvalue weighted by Gasteiger charge is -2.15. The van der Waals surface area contributed by atoms with E-state index < -0.39 is 17.7 Å². The fourth-order valence-electron chi connectivity index (χ4n) is 2.85. The fraction of sp³-hybridized carbons (Fsp3) is 0.316. The van der Waals surface area contributed by atoms with Gasteiger partial charge in [-0.25, -0.2) is 18.4 Å². The number of carbonyl (C=O) groups excluding carboxylic acids is 1. The molecule has 0 saturated heterocycles. The molecule has 1 amide bonds. The van der Waals surface area contributed by atoms with Gasteiger partial charge in [0.2, 0.25) is 0 Å². The molecule has 2 aromatic heterocycles. The van der Waals surface area contributed by atoms with Crippen molar-refractivity contribution in [3.8, 4) is 0 Å². The second kappa shape index (κ2) is 6.82. The summed E-state index contributed by atoms with van der Waals surface area (Å²) in [7, 11) is 0. The number of hydrogen-bond donors (Lipinski definition) is 1. The third-order valence-corrected chi connectivity index (χ3v) is 4.22. The number of rotatable bonds is 4. The van der Waals surface area contributed by atoms with Crippen molar-refractivity contribution >= 4 is 16.9 Å². The molecule has 136 valence electrons. The van der Waals surface area contributed by atoms with E-state index in [1.165, 1.54) is 6.07 Å². The Morgan fingerprint density at radius 2 is 1.88 bits per heavy atom. The maximum absolute atomic E-state index is 13.4. The molecule has 1 aromatic carbocycles. The van der Waals surface area contributed by atoms with Crippen LogP contribution in [0, 0.1) is 18.6 Å². The first-order chi connectivity index (χ1) is 12.3. The Bertz CT molecular complexity index is 981. The van der Waals surface area contributed by atoms with Crippen LogP contribution in [0.3, 0.4) is 0 Å². The average molecular weight is 358 g/mol. The zero-order valence-corrected chi connectivity index (χ0v) is 15.0. The molecule has 0 aliphatic carbocycles. The van der Waals surface area contributed by atoms with Gasteiger partial charge in [-0.1, -0.05) is 6.07 Å². The molecule has 0 radical (unpaired) electrons. The van der Waals surface area contributed by atoms with Crippen LogP contribution >= 0.6 is 0 Å². The number of hydrogen-bond acceptors (Lipinski definition) is 3. The molecule has 0 spiro atoms. The molecule has 0 aliphatic heterocycles. The van der Waals surface area contributed by atoms with Crippen LogP contribution in [0.15, 0.2) is 30.5 Å². The molecule has 3 aromatic rings. The first kappa shape index (κ1) is 18.0. The SMILES string of the molecule is Cc1cc(C(=O)N[C@H](C)c2ccc(F)c(F)c2)c2cnn(C(C)C)c2n1. The molecule has 0 bridgehead atoms. The highest BCUT2D eigenvalue weighted by Crippen LogP contribution is 2.22. The van der Waals surface area contributed by atoms with Crippen LogP contribution in [0.1, 0.15) is 54.5 Å². The number of nitrogens with zero attached hydrogens (tertiary/aromatic N) is 3. The van der Waals surface area contributed by atoms with E-state index >= 15 is 0 Å². The quantitative estimate of drug-likeness (QED) is 0.764. The van der Waals surface area contributed by atoms with Crippen molar-refractivity contribution < 1.29 is 13.6 Å². The number of fused-ring (bicyclic) bond motifs is 1. The Labute approximate surface area is 150 Å². The predicted octanol–water partition coefficient (Wildman–Crippen LogP) is 4.09. The molecule has 0 saturated carbocycles. The summed E-state index contributed by atoms with van der Waals surface area (Å²) in [4.78, 5) is 17.3. The summed E-state index contributed by atoms with van der Waals surface area (Å²) in [6.45, 7) is 7.50. The first-order valence-corrected chi connectivity index (χ1v) is 8.38. The van der Waals surface area contributed by atoms with E-state index in [1.807, 2.05) is 20.8 Å². The summed E-state index contributed by atoms with van der Waals surface area (Å²) in [5, 5.41) is 7.80. The fourth-order valence-corrected chi connectivity index (χ4v) is 2.85. The Kier molecular flexibility index (Phi) is 4.71. The Morgan fingerprint density at radius 1 is 1.15 bits per heavy atom. The molecule has 2 heterocycles. The first-order valence-electron chi connectivity index (χ1n) is 8.38. The molecule has 1 atom stereocenters. The van der Waals surface area contributed by atoms with Crippen LogP contribution in [0.4, 0.5) is 8.78 Å². The molecule has 5 nitrogen and oxygen atoms in total. The molecule has 0 unspecified atom stereocenters. The highest BCUT2D eigenvalue weighted by Gasteiger charge is 2.19. The van der Waals surface area contributed by atoms with E-state index in [9.17, 15) is 13.6 Å². The van der Waals surface area contributed by atoms with Gasteiger partial charge >= 0.3 is 0 Å². The molecule has 26 heavy (non-hydrogen) atoms. The Hall–Kier alpha value is -2.83. The van der Waals surface area contributed by atoms with Gasteiger partial charge in [0, 0.05) is 11.7 Å². The van der Waals surface area contributed by atoms with Crippen molar-refractivity contribution in [2.75, 3.05) is 0 Å². The van der Waals surface area contributed by atoms with E-state index in [2.05, 4.69) is 15.4 Å². The maximum atomic E-state index is 13.4. The van der Waals surface area contributed by atoms with E-state index in [1.54, 1.807) is 23.9 Å². The van der Waals surface area contributed by atoms with Crippen molar-refractivity contribution in [3.63, 3.8) is 0 Å². The van der Waals surface area contributed by atoms with Crippen LogP contribution in [0.2, 0.25) is 0 Å². The van der Waals surface area contributed by atoms with Crippen LogP contribution in [0.25, 0.3) is 11.0 Å². The number of pyridine rings is 1. The van der Waals surface area contributed by atoms with Gasteiger partial charge in [-0.05, 0) is 51.5 Å². The molecule has 0 fully saturated rings. The lowest BCUT2D eigenvalue weighted by Crippen LogP contribution is -2.27. The standard InChI is InChI=1S/C19H20F2N4O/c1-10(2)25-18-15(9-22-25)14(7-11(3)23-18)19(26)24-12(4)13-5-6-16(20)17(21)8-13/h5-10,12H,1-4H3,(H,24,26)/t12-/m1/s1. The topological polar surface area (TPSA) is 59.8 Å². The van der Waals surface area contributed by atoms with Crippen LogP contribution in [0.5, 0.6) is 0 Å². The molecular weight excluding hydrogens is 338 g/mol. The number of aromatic nitrogens is 3. The second-order valence-corrected chi connectivity index (χ2v) is 6.60. The second-order valence-electron chi connectivity index (χ2n) is 6.60. The summed E-state index contributed by atoms with van der Waals surface area (Å²) in [5.41, 5.74) is 2.28. The van der Waals surface area contributed by atoms with Gasteiger partial charge in [0.1, 0.15) is 0 Å². The lowest BCUT2D eigenvalue weighted by atomic mass is 10.1. The van der Waals surface area contributed by atoms with Gasteiger partial charge < -0.3 is 5.32 Å². The van der Waals surface area contributed by atoms with Crippen molar-refractivity contribution in [1.29, 1.82) is 0 Å². The number of carbonyl (C=O) groups is 1. The Morgan fingerprint density at radius 3 is 2.54 bits per heavy atom. The van der Waals surface area contributed by atoms with Crippen LogP contribution in [-0.4, -0.2) is 20.7 Å². The Balaban J connectivity index is 1.93. The largest absolute Gasteiger partial charge is 0.345 e. The molecule has 0 aliphatic rings. The van der Waals surface area contributed by atoms with Crippen molar-refractivity contribution in [3.05, 3.63) is 58.9 Å². The minimum Gasteiger partial charge on any atom is -0.345 e. The number of halogens is 2. The van der Waals surface area contributed by atoms with Gasteiger partial charge in [0.25, 0.3) is 5.91 Å². The molecule has 7 heteroatoms. The normalized spacial score (nSPS) is 12.6. The summed E-state index contributed by atoms with van der Waals surface area (Å²) >= 11 is 0. The van der Waals surface area contributed by atoms with Crippen LogP contribution in [-0.2, 0) is 0 Å². The zero-order valence-electron chi connectivity index (χ0n) is 15.0. The van der Waals surface area contributed by atoms with Gasteiger partial charge in [-0.3, -0.25) is 4.79 Å². The number of benzene rings is 1. The molecular formula is C19H20F2N4O. The van der Waals surface area contributed by atoms with Gasteiger partial charge in [0.15, 0.2) is 17.3 Å². The maximum Gasteiger partial charge on any atom is 0.252 e. The minimum absolute atomic E-state index is 0.110. The lowest BCUT2D eigenvalue weighted by molar-refractivity contribution is 0.0941. The predicted molar refractivity (Wildman–Crippen MR) is 94.9 cm³/mol. The van der Waals surface area contributed by atoms with Gasteiger partial charge in [-0.2, -0.15) is 5.10 Å². The van der Waals surface area contributed by atoms with Crippen molar-refractivity contribution in [2.24, 2.45) is 0 Å². The summed E-state index contributed by atoms with van der Waals surface area (Å²) in [5.74, 6) is -2.18. The summed E-state index contributed by atoms with van der Waals surface area (Å²) in [6.07, 6.45) is 1.62. The number of aryl methyl sites for hydroxylation is 1. The average Bonchev–Trinajstić information content (AvgIpc) is 3.00. The van der Waals surface area contributed by atoms with E-state index in [-0.39, 0.29) is 11.9 Å². The third-order valence-electron chi connectivity index (χ3n) is 4.22. The monoisotopic (exact) mass is 358 g/mol. The molecule has 1 N–H and O–H groups in total. The molecule has 3 rings (SSSR count). The highest BCUT2D eigenvalue weighted by atomic mass is 19.2. The number of nitrogens with one attached hydrogen (secondary N) is 1. The van der Waals surface area contributed by atoms with E-state index in [4.69, 9.17) is 0 Å². The smallest absolute Gasteiger partial charge is 0.252 e. The van der Waals surface area contributed by atoms with E-state index in [0.29, 0.717) is 27.9 Å². The number of amides is 1. The van der Waals surface area contributed by atoms with Crippen molar-refractivity contribution in [1.82, 2.24) is 20.1 Å². The third kappa shape index (κ3) is 3.29. The highest BCUT2D eigenvalue weighted by molar-refractivity contribution is 6.05. The van der Waals surface area contributed by atoms with Crippen LogP contribution < -0.4 is 5.32 Å². The van der Waals surface area contributed by atoms with Gasteiger partial charge in [0.05, 0.1) is 23.2 Å². The summed E-state index contributed by atoms with van der Waals surface area (Å²) in [6, 6.07) is 4.91.